The van der Waals surface area contributed by atoms with Crippen molar-refractivity contribution in [3.05, 3.63) is 23.9 Å². The molecule has 1 aromatic heterocycles. The predicted molar refractivity (Wildman–Crippen MR) is 57.9 cm³/mol. The van der Waals surface area contributed by atoms with Crippen molar-refractivity contribution < 1.29 is 4.74 Å². The lowest BCUT2D eigenvalue weighted by molar-refractivity contribution is 0.397. The first-order valence-corrected chi connectivity index (χ1v) is 3.49. The number of hydrogen-bond acceptors (Lipinski definition) is 3. The topological polar surface area (TPSA) is 48.1 Å². The van der Waals surface area contributed by atoms with Crippen LogP contribution in [0.3, 0.4) is 0 Å². The lowest BCUT2D eigenvalue weighted by Crippen LogP contribution is -2.05. The van der Waals surface area contributed by atoms with Gasteiger partial charge in [-0.2, -0.15) is 0 Å². The van der Waals surface area contributed by atoms with Crippen molar-refractivity contribution in [2.75, 3.05) is 7.11 Å². The van der Waals surface area contributed by atoms with E-state index < -0.39 is 0 Å². The number of ether oxygens (including phenoxy) is 1. The predicted octanol–water partition coefficient (Wildman–Crippen LogP) is 1.95. The molecule has 13 heavy (non-hydrogen) atoms. The van der Waals surface area contributed by atoms with Crippen molar-refractivity contribution in [1.82, 2.24) is 4.98 Å². The molecule has 2 N–H and O–H groups in total. The second-order valence-corrected chi connectivity index (χ2v) is 2.42. The summed E-state index contributed by atoms with van der Waals surface area (Å²) in [6.45, 7) is 1.93. The standard InChI is InChI=1S/C8H12N2O.2ClH/c1-6(9)7-3-4-10-8(5-7)11-2;;/h3-6H,9H2,1-2H3;2*1H/t6-;;/m0../s1. The van der Waals surface area contributed by atoms with Crippen molar-refractivity contribution in [3.8, 4) is 5.88 Å². The number of halogens is 2. The summed E-state index contributed by atoms with van der Waals surface area (Å²) in [5, 5.41) is 0. The molecule has 0 radical (unpaired) electrons. The maximum Gasteiger partial charge on any atom is 0.213 e. The van der Waals surface area contributed by atoms with Crippen LogP contribution in [0.25, 0.3) is 0 Å². The van der Waals surface area contributed by atoms with E-state index in [4.69, 9.17) is 10.5 Å². The van der Waals surface area contributed by atoms with E-state index in [0.29, 0.717) is 5.88 Å². The van der Waals surface area contributed by atoms with Crippen molar-refractivity contribution in [1.29, 1.82) is 0 Å². The summed E-state index contributed by atoms with van der Waals surface area (Å²) < 4.78 is 4.94. The number of methoxy groups -OCH3 is 1. The number of nitrogens with two attached hydrogens (primary N) is 1. The van der Waals surface area contributed by atoms with Crippen LogP contribution >= 0.6 is 24.8 Å². The second-order valence-electron chi connectivity index (χ2n) is 2.42. The van der Waals surface area contributed by atoms with E-state index in [1.54, 1.807) is 13.3 Å². The summed E-state index contributed by atoms with van der Waals surface area (Å²) in [6, 6.07) is 3.75. The van der Waals surface area contributed by atoms with Gasteiger partial charge in [-0.05, 0) is 18.6 Å². The van der Waals surface area contributed by atoms with Gasteiger partial charge in [0, 0.05) is 18.3 Å². The van der Waals surface area contributed by atoms with Gasteiger partial charge >= 0.3 is 0 Å². The lowest BCUT2D eigenvalue weighted by atomic mass is 10.1. The molecule has 0 saturated carbocycles. The number of aromatic nitrogens is 1. The Morgan fingerprint density at radius 2 is 2.08 bits per heavy atom. The molecule has 0 aromatic carbocycles. The summed E-state index contributed by atoms with van der Waals surface area (Å²) >= 11 is 0. The largest absolute Gasteiger partial charge is 0.481 e. The third-order valence-electron chi connectivity index (χ3n) is 1.49. The highest BCUT2D eigenvalue weighted by Gasteiger charge is 1.99. The quantitative estimate of drug-likeness (QED) is 0.836. The molecule has 1 aromatic rings. The number of rotatable bonds is 2. The summed E-state index contributed by atoms with van der Waals surface area (Å²) in [4.78, 5) is 3.96. The fourth-order valence-electron chi connectivity index (χ4n) is 0.820. The second kappa shape index (κ2) is 6.95. The zero-order chi connectivity index (χ0) is 8.27. The Balaban J connectivity index is 0. The van der Waals surface area contributed by atoms with Crippen LogP contribution in [0.4, 0.5) is 0 Å². The highest BCUT2D eigenvalue weighted by molar-refractivity contribution is 5.85. The van der Waals surface area contributed by atoms with Gasteiger partial charge in [0.2, 0.25) is 5.88 Å². The minimum atomic E-state index is 0. The molecule has 76 valence electrons. The first-order valence-electron chi connectivity index (χ1n) is 3.49. The summed E-state index contributed by atoms with van der Waals surface area (Å²) in [5.41, 5.74) is 6.69. The normalized spacial score (nSPS) is 10.7. The van der Waals surface area contributed by atoms with Crippen LogP contribution in [0.15, 0.2) is 18.3 Å². The summed E-state index contributed by atoms with van der Waals surface area (Å²) in [6.07, 6.45) is 1.69. The Hall–Kier alpha value is -0.510. The molecule has 0 spiro atoms. The Morgan fingerprint density at radius 1 is 1.46 bits per heavy atom. The molecule has 0 saturated heterocycles. The molecule has 0 aliphatic heterocycles. The van der Waals surface area contributed by atoms with Gasteiger partial charge in [0.15, 0.2) is 0 Å². The van der Waals surface area contributed by atoms with Crippen molar-refractivity contribution in [2.24, 2.45) is 5.73 Å². The van der Waals surface area contributed by atoms with E-state index in [1.807, 2.05) is 19.1 Å². The van der Waals surface area contributed by atoms with Crippen LogP contribution in [0.1, 0.15) is 18.5 Å². The SMILES string of the molecule is COc1cc([C@H](C)N)ccn1.Cl.Cl. The van der Waals surface area contributed by atoms with Crippen molar-refractivity contribution in [2.45, 2.75) is 13.0 Å². The van der Waals surface area contributed by atoms with Crippen LogP contribution in [-0.2, 0) is 0 Å². The van der Waals surface area contributed by atoms with Crippen LogP contribution < -0.4 is 10.5 Å². The van der Waals surface area contributed by atoms with Crippen LogP contribution in [0, 0.1) is 0 Å². The molecular weight excluding hydrogens is 211 g/mol. The zero-order valence-corrected chi connectivity index (χ0v) is 9.19. The van der Waals surface area contributed by atoms with E-state index in [0.717, 1.165) is 5.56 Å². The zero-order valence-electron chi connectivity index (χ0n) is 7.56. The van der Waals surface area contributed by atoms with Gasteiger partial charge < -0.3 is 10.5 Å². The molecule has 1 atom stereocenters. The fourth-order valence-corrected chi connectivity index (χ4v) is 0.820. The van der Waals surface area contributed by atoms with E-state index in [-0.39, 0.29) is 30.9 Å². The molecule has 3 nitrogen and oxygen atoms in total. The lowest BCUT2D eigenvalue weighted by Gasteiger charge is -2.05. The maximum absolute atomic E-state index is 5.65. The molecule has 0 amide bonds. The average Bonchev–Trinajstić information content (AvgIpc) is 2.05. The molecule has 0 aliphatic carbocycles. The Bertz CT molecular complexity index is 243. The minimum absolute atomic E-state index is 0. The van der Waals surface area contributed by atoms with Gasteiger partial charge in [-0.25, -0.2) is 4.98 Å². The molecular formula is C8H14Cl2N2O. The smallest absolute Gasteiger partial charge is 0.213 e. The Morgan fingerprint density at radius 3 is 2.54 bits per heavy atom. The van der Waals surface area contributed by atoms with Crippen molar-refractivity contribution in [3.63, 3.8) is 0 Å². The molecule has 1 rings (SSSR count). The highest BCUT2D eigenvalue weighted by Crippen LogP contribution is 2.13. The van der Waals surface area contributed by atoms with E-state index in [2.05, 4.69) is 4.98 Å². The monoisotopic (exact) mass is 224 g/mol. The van der Waals surface area contributed by atoms with Crippen LogP contribution in [-0.4, -0.2) is 12.1 Å². The fraction of sp³-hybridized carbons (Fsp3) is 0.375. The molecule has 5 heteroatoms. The van der Waals surface area contributed by atoms with Crippen LogP contribution in [0.5, 0.6) is 5.88 Å². The average molecular weight is 225 g/mol. The van der Waals surface area contributed by atoms with Gasteiger partial charge in [0.05, 0.1) is 7.11 Å². The Kier molecular flexibility index (Phi) is 8.01. The van der Waals surface area contributed by atoms with Gasteiger partial charge in [0.1, 0.15) is 0 Å². The third kappa shape index (κ3) is 4.31. The van der Waals surface area contributed by atoms with Gasteiger partial charge in [-0.15, -0.1) is 24.8 Å². The molecule has 1 heterocycles. The number of hydrogen-bond donors (Lipinski definition) is 1. The van der Waals surface area contributed by atoms with Gasteiger partial charge in [-0.1, -0.05) is 0 Å². The molecule has 0 fully saturated rings. The molecule has 0 bridgehead atoms. The van der Waals surface area contributed by atoms with E-state index in [9.17, 15) is 0 Å². The Labute approximate surface area is 90.5 Å². The summed E-state index contributed by atoms with van der Waals surface area (Å²) in [5.74, 6) is 0.611. The minimum Gasteiger partial charge on any atom is -0.481 e. The molecule has 0 unspecified atom stereocenters. The third-order valence-corrected chi connectivity index (χ3v) is 1.49. The summed E-state index contributed by atoms with van der Waals surface area (Å²) in [7, 11) is 1.59. The highest BCUT2D eigenvalue weighted by atomic mass is 35.5. The number of nitrogens with zero attached hydrogens (tertiary/aromatic N) is 1. The van der Waals surface area contributed by atoms with E-state index >= 15 is 0 Å². The van der Waals surface area contributed by atoms with Crippen LogP contribution in [0.2, 0.25) is 0 Å². The van der Waals surface area contributed by atoms with Gasteiger partial charge in [-0.3, -0.25) is 0 Å². The van der Waals surface area contributed by atoms with E-state index in [1.165, 1.54) is 0 Å². The molecule has 0 aliphatic rings. The van der Waals surface area contributed by atoms with Gasteiger partial charge in [0.25, 0.3) is 0 Å². The maximum atomic E-state index is 5.65. The first-order chi connectivity index (χ1) is 5.24. The first kappa shape index (κ1) is 15.0. The van der Waals surface area contributed by atoms with Crippen molar-refractivity contribution >= 4 is 24.8 Å². The number of pyridine rings is 1.